The number of aromatic nitrogens is 4. The van der Waals surface area contributed by atoms with Crippen LogP contribution in [0.2, 0.25) is 0 Å². The van der Waals surface area contributed by atoms with Crippen molar-refractivity contribution in [2.75, 3.05) is 22.9 Å². The summed E-state index contributed by atoms with van der Waals surface area (Å²) in [6.07, 6.45) is 5.06. The number of anilines is 3. The van der Waals surface area contributed by atoms with E-state index in [1.165, 1.54) is 24.5 Å². The number of nitrogens with one attached hydrogen (secondary N) is 1. The lowest BCUT2D eigenvalue weighted by Gasteiger charge is -2.30. The number of H-pyrrole nitrogens is 1. The fourth-order valence-electron chi connectivity index (χ4n) is 4.65. The van der Waals surface area contributed by atoms with Crippen molar-refractivity contribution in [3.63, 3.8) is 0 Å². The minimum absolute atomic E-state index is 0.176. The van der Waals surface area contributed by atoms with Gasteiger partial charge in [0, 0.05) is 42.6 Å². The Morgan fingerprint density at radius 1 is 1.10 bits per heavy atom. The number of rotatable bonds is 3. The number of piperidine rings is 1. The first kappa shape index (κ1) is 19.7. The zero-order valence-electron chi connectivity index (χ0n) is 18.3. The Bertz CT molecular complexity index is 1160. The largest absolute Gasteiger partial charge is 0.341 e. The summed E-state index contributed by atoms with van der Waals surface area (Å²) >= 11 is 0. The van der Waals surface area contributed by atoms with E-state index < -0.39 is 0 Å². The molecule has 160 valence electrons. The van der Waals surface area contributed by atoms with Gasteiger partial charge in [-0.15, -0.1) is 0 Å². The van der Waals surface area contributed by atoms with Gasteiger partial charge in [0.15, 0.2) is 0 Å². The molecule has 5 rings (SSSR count). The highest BCUT2D eigenvalue weighted by molar-refractivity contribution is 5.69. The van der Waals surface area contributed by atoms with E-state index in [0.29, 0.717) is 11.6 Å². The lowest BCUT2D eigenvalue weighted by atomic mass is 10.00. The van der Waals surface area contributed by atoms with Gasteiger partial charge < -0.3 is 9.80 Å². The van der Waals surface area contributed by atoms with E-state index in [1.807, 2.05) is 25.3 Å². The minimum atomic E-state index is -0.176. The Kier molecular flexibility index (Phi) is 4.96. The number of nitrogens with zero attached hydrogens (tertiary/aromatic N) is 5. The second-order valence-corrected chi connectivity index (χ2v) is 8.84. The number of hydrogen-bond acceptors (Lipinski definition) is 6. The average molecular weight is 417 g/mol. The first-order valence-corrected chi connectivity index (χ1v) is 11.1. The maximum atomic E-state index is 12.5. The predicted octanol–water partition coefficient (Wildman–Crippen LogP) is 3.85. The molecule has 3 aromatic rings. The fourth-order valence-corrected chi connectivity index (χ4v) is 4.65. The van der Waals surface area contributed by atoms with Gasteiger partial charge in [0.1, 0.15) is 0 Å². The van der Waals surface area contributed by atoms with Gasteiger partial charge in [-0.25, -0.2) is 15.0 Å². The molecule has 0 radical (unpaired) electrons. The van der Waals surface area contributed by atoms with Gasteiger partial charge in [-0.3, -0.25) is 9.78 Å². The first-order chi connectivity index (χ1) is 15.0. The van der Waals surface area contributed by atoms with Gasteiger partial charge in [0.25, 0.3) is 5.56 Å². The zero-order chi connectivity index (χ0) is 21.5. The van der Waals surface area contributed by atoms with Crippen molar-refractivity contribution in [1.29, 1.82) is 0 Å². The van der Waals surface area contributed by atoms with Crippen LogP contribution in [0.4, 0.5) is 17.6 Å². The molecule has 0 amide bonds. The van der Waals surface area contributed by atoms with Crippen molar-refractivity contribution in [2.45, 2.75) is 46.1 Å². The van der Waals surface area contributed by atoms with Gasteiger partial charge in [0.2, 0.25) is 11.9 Å². The maximum Gasteiger partial charge on any atom is 0.252 e. The molecule has 0 unspecified atom stereocenters. The zero-order valence-corrected chi connectivity index (χ0v) is 18.3. The summed E-state index contributed by atoms with van der Waals surface area (Å²) in [5.41, 5.74) is 4.42. The molecular weight excluding hydrogens is 388 g/mol. The summed E-state index contributed by atoms with van der Waals surface area (Å²) in [6, 6.07) is 10.0. The lowest BCUT2D eigenvalue weighted by Crippen LogP contribution is -2.34. The number of aryl methyl sites for hydroxylation is 1. The van der Waals surface area contributed by atoms with Crippen LogP contribution in [-0.4, -0.2) is 39.1 Å². The summed E-state index contributed by atoms with van der Waals surface area (Å²) in [4.78, 5) is 34.0. The highest BCUT2D eigenvalue weighted by atomic mass is 16.1. The molecule has 0 saturated carbocycles. The summed E-state index contributed by atoms with van der Waals surface area (Å²) < 4.78 is 0. The number of hydrogen-bond donors (Lipinski definition) is 1. The molecule has 0 aliphatic carbocycles. The van der Waals surface area contributed by atoms with Crippen LogP contribution in [0.1, 0.15) is 37.9 Å². The highest BCUT2D eigenvalue weighted by Crippen LogP contribution is 2.36. The molecule has 1 N–H and O–H groups in total. The molecule has 4 heterocycles. The van der Waals surface area contributed by atoms with Gasteiger partial charge in [-0.2, -0.15) is 0 Å². The summed E-state index contributed by atoms with van der Waals surface area (Å²) in [5, 5.41) is 0. The van der Waals surface area contributed by atoms with E-state index >= 15 is 0 Å². The highest BCUT2D eigenvalue weighted by Gasteiger charge is 2.29. The van der Waals surface area contributed by atoms with Crippen molar-refractivity contribution in [1.82, 2.24) is 19.9 Å². The SMILES string of the molecule is Cc1nc(N2CCC(C)CC2)ncc1-c1cc(=O)[nH]c(N2c3ccccc3C[C@@H]2C)n1. The Hall–Kier alpha value is -3.22. The number of para-hydroxylation sites is 1. The van der Waals surface area contributed by atoms with Crippen LogP contribution in [-0.2, 0) is 6.42 Å². The Labute approximate surface area is 182 Å². The standard InChI is InChI=1S/C24H28N6O/c1-15-8-10-29(11-9-15)23-25-14-19(17(3)26-23)20-13-22(31)28-24(27-20)30-16(2)12-18-6-4-5-7-21(18)30/h4-7,13-16H,8-12H2,1-3H3,(H,27,28,31)/t16-/m0/s1. The summed E-state index contributed by atoms with van der Waals surface area (Å²) in [7, 11) is 0. The van der Waals surface area contributed by atoms with Crippen molar-refractivity contribution in [2.24, 2.45) is 5.92 Å². The number of aromatic amines is 1. The second kappa shape index (κ2) is 7.80. The van der Waals surface area contributed by atoms with Crippen LogP contribution in [0, 0.1) is 12.8 Å². The average Bonchev–Trinajstić information content (AvgIpc) is 3.09. The third kappa shape index (κ3) is 3.69. The Morgan fingerprint density at radius 3 is 2.65 bits per heavy atom. The predicted molar refractivity (Wildman–Crippen MR) is 123 cm³/mol. The third-order valence-electron chi connectivity index (χ3n) is 6.47. The van der Waals surface area contributed by atoms with Crippen LogP contribution < -0.4 is 15.4 Å². The van der Waals surface area contributed by atoms with E-state index in [0.717, 1.165) is 48.3 Å². The van der Waals surface area contributed by atoms with Crippen molar-refractivity contribution >= 4 is 17.6 Å². The topological polar surface area (TPSA) is 78.0 Å². The van der Waals surface area contributed by atoms with E-state index in [1.54, 1.807) is 0 Å². The Balaban J connectivity index is 1.49. The van der Waals surface area contributed by atoms with Crippen LogP contribution in [0.3, 0.4) is 0 Å². The van der Waals surface area contributed by atoms with Crippen molar-refractivity contribution in [3.05, 3.63) is 58.1 Å². The smallest absolute Gasteiger partial charge is 0.252 e. The quantitative estimate of drug-likeness (QED) is 0.699. The summed E-state index contributed by atoms with van der Waals surface area (Å²) in [6.45, 7) is 8.38. The van der Waals surface area contributed by atoms with Crippen LogP contribution in [0.5, 0.6) is 0 Å². The number of fused-ring (bicyclic) bond motifs is 1. The third-order valence-corrected chi connectivity index (χ3v) is 6.47. The van der Waals surface area contributed by atoms with Gasteiger partial charge >= 0.3 is 0 Å². The molecule has 0 spiro atoms. The van der Waals surface area contributed by atoms with Crippen LogP contribution >= 0.6 is 0 Å². The van der Waals surface area contributed by atoms with E-state index in [4.69, 9.17) is 9.97 Å². The molecule has 1 saturated heterocycles. The second-order valence-electron chi connectivity index (χ2n) is 8.84. The fraction of sp³-hybridized carbons (Fsp3) is 0.417. The molecule has 7 heteroatoms. The molecule has 7 nitrogen and oxygen atoms in total. The molecule has 1 aromatic carbocycles. The van der Waals surface area contributed by atoms with Gasteiger partial charge in [-0.1, -0.05) is 25.1 Å². The van der Waals surface area contributed by atoms with E-state index in [-0.39, 0.29) is 11.6 Å². The maximum absolute atomic E-state index is 12.5. The molecule has 0 bridgehead atoms. The monoisotopic (exact) mass is 416 g/mol. The normalized spacial score (nSPS) is 19.0. The number of benzene rings is 1. The molecular formula is C24H28N6O. The molecule has 2 aliphatic heterocycles. The minimum Gasteiger partial charge on any atom is -0.341 e. The van der Waals surface area contributed by atoms with Crippen LogP contribution in [0.25, 0.3) is 11.3 Å². The summed E-state index contributed by atoms with van der Waals surface area (Å²) in [5.74, 6) is 2.09. The molecule has 2 aromatic heterocycles. The van der Waals surface area contributed by atoms with Crippen LogP contribution in [0.15, 0.2) is 41.3 Å². The molecule has 31 heavy (non-hydrogen) atoms. The molecule has 2 aliphatic rings. The van der Waals surface area contributed by atoms with Crippen molar-refractivity contribution < 1.29 is 0 Å². The lowest BCUT2D eigenvalue weighted by molar-refractivity contribution is 0.434. The van der Waals surface area contributed by atoms with Crippen molar-refractivity contribution in [3.8, 4) is 11.3 Å². The van der Waals surface area contributed by atoms with Gasteiger partial charge in [0.05, 0.1) is 11.4 Å². The Morgan fingerprint density at radius 2 is 1.87 bits per heavy atom. The van der Waals surface area contributed by atoms with Gasteiger partial charge in [-0.05, 0) is 50.7 Å². The molecule has 1 atom stereocenters. The van der Waals surface area contributed by atoms with E-state index in [2.05, 4.69) is 45.7 Å². The first-order valence-electron chi connectivity index (χ1n) is 11.1. The van der Waals surface area contributed by atoms with E-state index in [9.17, 15) is 4.79 Å². The molecule has 1 fully saturated rings.